The molecule has 3 aromatic rings. The summed E-state index contributed by atoms with van der Waals surface area (Å²) < 4.78 is 17.6. The largest absolute Gasteiger partial charge is 0.469 e. The molecule has 18 nitrogen and oxygen atoms in total. The molecule has 0 aliphatic heterocycles. The lowest BCUT2D eigenvalue weighted by molar-refractivity contribution is -0.135. The Morgan fingerprint density at radius 1 is 0.981 bits per heavy atom. The molecule has 0 spiro atoms. The maximum absolute atomic E-state index is 13.8. The fourth-order valence-electron chi connectivity index (χ4n) is 5.96. The van der Waals surface area contributed by atoms with Crippen LogP contribution in [0.2, 0.25) is 0 Å². The zero-order valence-electron chi connectivity index (χ0n) is 30.7. The van der Waals surface area contributed by atoms with Crippen LogP contribution in [0.1, 0.15) is 69.8 Å². The molecule has 0 aliphatic carbocycles. The minimum absolute atomic E-state index is 0.000849. The average Bonchev–Trinajstić information content (AvgIpc) is 3.79. The standard InChI is InChI=1S/C35H51N8O10P/c1-22(2)14-29(40-33(47)12-11-27-19-39-42-43(27)13-7-10-24-8-5-4-6-9-24)31(45)16-25(15-26-18-37-21-38-26)35(49)41-30(20-44)32(46)17-28(34(36)48)23(3)53-54(50,51)52/h4-6,8-9,18-19,21-23,25,28-30,44H,7,10-17,20H2,1-3H3,(H2,36,48)(H,37,38)(H,40,47)(H,41,49)(H2,50,51,52)/t23-,25-,28+,29+,30+/m1/s1. The van der Waals surface area contributed by atoms with Crippen molar-refractivity contribution in [2.24, 2.45) is 23.5 Å². The Kier molecular flexibility index (Phi) is 17.3. The second-order valence-electron chi connectivity index (χ2n) is 13.7. The normalized spacial score (nSPS) is 14.5. The first-order valence-electron chi connectivity index (χ1n) is 17.7. The van der Waals surface area contributed by atoms with Gasteiger partial charge in [-0.2, -0.15) is 0 Å². The summed E-state index contributed by atoms with van der Waals surface area (Å²) in [5.41, 5.74) is 7.85. The fraction of sp³-hybridized carbons (Fsp3) is 0.543. The molecule has 3 amide bonds. The molecule has 1 aromatic carbocycles. The highest BCUT2D eigenvalue weighted by Gasteiger charge is 2.35. The Morgan fingerprint density at radius 3 is 2.30 bits per heavy atom. The first-order chi connectivity index (χ1) is 25.6. The predicted octanol–water partition coefficient (Wildman–Crippen LogP) is 0.951. The molecule has 2 heterocycles. The van der Waals surface area contributed by atoms with Gasteiger partial charge in [0.1, 0.15) is 6.04 Å². The number of primary amides is 1. The highest BCUT2D eigenvalue weighted by Crippen LogP contribution is 2.39. The number of rotatable bonds is 25. The van der Waals surface area contributed by atoms with Crippen LogP contribution in [-0.4, -0.2) is 93.9 Å². The van der Waals surface area contributed by atoms with Crippen LogP contribution in [0.4, 0.5) is 0 Å². The molecular weight excluding hydrogens is 723 g/mol. The van der Waals surface area contributed by atoms with E-state index in [-0.39, 0.29) is 31.1 Å². The molecule has 8 N–H and O–H groups in total. The number of nitrogens with one attached hydrogen (secondary N) is 3. The Hall–Kier alpha value is -4.61. The number of phosphoric acid groups is 1. The molecule has 296 valence electrons. The molecule has 3 rings (SSSR count). The summed E-state index contributed by atoms with van der Waals surface area (Å²) in [6.07, 6.45) is 4.34. The lowest BCUT2D eigenvalue weighted by Crippen LogP contribution is -2.49. The minimum Gasteiger partial charge on any atom is -0.394 e. The van der Waals surface area contributed by atoms with E-state index < -0.39 is 74.3 Å². The topological polar surface area (TPSA) is 282 Å². The van der Waals surface area contributed by atoms with Gasteiger partial charge >= 0.3 is 7.82 Å². The zero-order valence-corrected chi connectivity index (χ0v) is 31.6. The lowest BCUT2D eigenvalue weighted by atomic mass is 9.89. The van der Waals surface area contributed by atoms with Gasteiger partial charge in [-0.15, -0.1) is 5.10 Å². The van der Waals surface area contributed by atoms with Gasteiger partial charge < -0.3 is 36.2 Å². The molecule has 0 unspecified atom stereocenters. The molecule has 0 radical (unpaired) electrons. The number of carbonyl (C=O) groups excluding carboxylic acids is 5. The maximum atomic E-state index is 13.8. The van der Waals surface area contributed by atoms with Crippen LogP contribution in [0, 0.1) is 17.8 Å². The van der Waals surface area contributed by atoms with Crippen LogP contribution in [0.15, 0.2) is 49.1 Å². The van der Waals surface area contributed by atoms with E-state index in [1.165, 1.54) is 18.1 Å². The quantitative estimate of drug-likeness (QED) is 0.0592. The van der Waals surface area contributed by atoms with Crippen molar-refractivity contribution in [3.8, 4) is 0 Å². The number of aromatic amines is 1. The molecular formula is C35H51N8O10P. The van der Waals surface area contributed by atoms with Crippen molar-refractivity contribution < 1.29 is 48.0 Å². The van der Waals surface area contributed by atoms with Crippen LogP contribution in [0.25, 0.3) is 0 Å². The molecule has 0 aliphatic rings. The molecule has 0 fully saturated rings. The van der Waals surface area contributed by atoms with Crippen molar-refractivity contribution in [2.45, 2.75) is 96.9 Å². The van der Waals surface area contributed by atoms with Gasteiger partial charge in [-0.25, -0.2) is 14.2 Å². The number of carbonyl (C=O) groups is 5. The van der Waals surface area contributed by atoms with Crippen molar-refractivity contribution in [2.75, 3.05) is 6.61 Å². The SMILES string of the molecule is CC(C)C[C@H](NC(=O)CCc1cnnn1CCCc1ccccc1)C(=O)C[C@@H](Cc1cnc[nH]1)C(=O)N[C@@H](CO)C(=O)C[C@H](C(N)=O)[C@@H](C)OP(=O)(O)O. The summed E-state index contributed by atoms with van der Waals surface area (Å²) in [4.78, 5) is 90.8. The number of nitrogens with zero attached hydrogens (tertiary/aromatic N) is 4. The van der Waals surface area contributed by atoms with Gasteiger partial charge in [0.15, 0.2) is 11.6 Å². The molecule has 2 aromatic heterocycles. The van der Waals surface area contributed by atoms with Gasteiger partial charge in [-0.05, 0) is 44.1 Å². The van der Waals surface area contributed by atoms with Gasteiger partial charge in [0, 0.05) is 44.1 Å². The zero-order chi connectivity index (χ0) is 39.8. The van der Waals surface area contributed by atoms with Gasteiger partial charge in [-0.3, -0.25) is 28.5 Å². The van der Waals surface area contributed by atoms with Gasteiger partial charge in [0.2, 0.25) is 17.7 Å². The number of ketones is 2. The highest BCUT2D eigenvalue weighted by molar-refractivity contribution is 7.46. The van der Waals surface area contributed by atoms with Crippen molar-refractivity contribution >= 4 is 37.1 Å². The Bertz CT molecular complexity index is 1710. The first kappa shape index (κ1) is 43.8. The van der Waals surface area contributed by atoms with E-state index in [1.54, 1.807) is 10.9 Å². The van der Waals surface area contributed by atoms with E-state index in [1.807, 2.05) is 32.0 Å². The number of aryl methyl sites for hydroxylation is 3. The number of aliphatic hydroxyl groups excluding tert-OH is 1. The van der Waals surface area contributed by atoms with E-state index in [4.69, 9.17) is 15.5 Å². The number of nitrogens with two attached hydrogens (primary N) is 1. The number of aromatic nitrogens is 5. The average molecular weight is 775 g/mol. The van der Waals surface area contributed by atoms with Crippen LogP contribution in [0.3, 0.4) is 0 Å². The number of hydrogen-bond acceptors (Lipinski definition) is 11. The van der Waals surface area contributed by atoms with Crippen LogP contribution in [-0.2, 0) is 58.9 Å². The number of imidazole rings is 1. The monoisotopic (exact) mass is 774 g/mol. The third kappa shape index (κ3) is 15.0. The first-order valence-corrected chi connectivity index (χ1v) is 19.3. The van der Waals surface area contributed by atoms with E-state index in [9.17, 15) is 33.6 Å². The number of aliphatic hydroxyl groups is 1. The summed E-state index contributed by atoms with van der Waals surface area (Å²) in [7, 11) is -5.03. The predicted molar refractivity (Wildman–Crippen MR) is 194 cm³/mol. The fourth-order valence-corrected chi connectivity index (χ4v) is 6.54. The van der Waals surface area contributed by atoms with E-state index >= 15 is 0 Å². The van der Waals surface area contributed by atoms with Crippen LogP contribution >= 0.6 is 7.82 Å². The number of phosphoric ester groups is 1. The maximum Gasteiger partial charge on any atom is 0.469 e. The van der Waals surface area contributed by atoms with Crippen molar-refractivity contribution in [3.05, 3.63) is 66.0 Å². The summed E-state index contributed by atoms with van der Waals surface area (Å²) in [6, 6.07) is 7.58. The molecule has 19 heteroatoms. The summed E-state index contributed by atoms with van der Waals surface area (Å²) in [5.74, 6) is -6.08. The summed E-state index contributed by atoms with van der Waals surface area (Å²) >= 11 is 0. The smallest absolute Gasteiger partial charge is 0.394 e. The third-order valence-corrected chi connectivity index (χ3v) is 9.41. The molecule has 0 saturated heterocycles. The Labute approximate surface area is 313 Å². The van der Waals surface area contributed by atoms with Crippen LogP contribution < -0.4 is 16.4 Å². The second-order valence-corrected chi connectivity index (χ2v) is 14.9. The second kappa shape index (κ2) is 21.3. The number of benzene rings is 1. The third-order valence-electron chi connectivity index (χ3n) is 8.80. The van der Waals surface area contributed by atoms with E-state index in [0.29, 0.717) is 25.1 Å². The number of Topliss-reactive ketones (excluding diaryl/α,β-unsaturated/α-hetero) is 2. The van der Waals surface area contributed by atoms with Crippen LogP contribution in [0.5, 0.6) is 0 Å². The molecule has 0 bridgehead atoms. The number of amides is 3. The Balaban J connectivity index is 1.66. The van der Waals surface area contributed by atoms with Crippen molar-refractivity contribution in [3.63, 3.8) is 0 Å². The van der Waals surface area contributed by atoms with Crippen molar-refractivity contribution in [1.82, 2.24) is 35.6 Å². The van der Waals surface area contributed by atoms with Crippen molar-refractivity contribution in [1.29, 1.82) is 0 Å². The molecule has 5 atom stereocenters. The Morgan fingerprint density at radius 2 is 1.69 bits per heavy atom. The summed E-state index contributed by atoms with van der Waals surface area (Å²) in [6.45, 7) is 4.67. The van der Waals surface area contributed by atoms with E-state index in [0.717, 1.165) is 25.5 Å². The van der Waals surface area contributed by atoms with E-state index in [2.05, 4.69) is 47.6 Å². The van der Waals surface area contributed by atoms with Gasteiger partial charge in [0.05, 0.1) is 48.8 Å². The lowest BCUT2D eigenvalue weighted by Gasteiger charge is -2.25. The summed E-state index contributed by atoms with van der Waals surface area (Å²) in [5, 5.41) is 23.4. The number of H-pyrrole nitrogens is 1. The molecule has 0 saturated carbocycles. The van der Waals surface area contributed by atoms with Gasteiger partial charge in [-0.1, -0.05) is 49.4 Å². The molecule has 54 heavy (non-hydrogen) atoms. The van der Waals surface area contributed by atoms with Gasteiger partial charge in [0.25, 0.3) is 0 Å². The number of hydrogen-bond donors (Lipinski definition) is 7. The highest BCUT2D eigenvalue weighted by atomic mass is 31.2. The minimum atomic E-state index is -5.03.